The molecule has 0 aromatic heterocycles. The first kappa shape index (κ1) is 106. The van der Waals surface area contributed by atoms with E-state index in [1.54, 1.807) is 0 Å². The first-order chi connectivity index (χ1) is 54.2. The number of esters is 3. The van der Waals surface area contributed by atoms with Crippen LogP contribution in [0.1, 0.15) is 329 Å². The third-order valence-corrected chi connectivity index (χ3v) is 19.5. The first-order valence-electron chi connectivity index (χ1n) is 43.1. The van der Waals surface area contributed by atoms with Gasteiger partial charge in [-0.2, -0.15) is 0 Å². The van der Waals surface area contributed by atoms with Crippen LogP contribution in [0.4, 0.5) is 0 Å². The van der Waals surface area contributed by atoms with Gasteiger partial charge in [-0.05, 0) is 154 Å². The molecule has 5 atom stereocenters. The van der Waals surface area contributed by atoms with Crippen LogP contribution in [0.5, 0.6) is 0 Å². The van der Waals surface area contributed by atoms with E-state index in [2.05, 4.69) is 203 Å². The van der Waals surface area contributed by atoms with Crippen LogP contribution in [0.2, 0.25) is 0 Å². The Morgan fingerprint density at radius 3 is 0.721 bits per heavy atom. The van der Waals surface area contributed by atoms with Crippen LogP contribution in [0, 0.1) is 0 Å². The largest absolute Gasteiger partial charge is 0.472 e. The normalized spacial score (nSPS) is 14.8. The summed E-state index contributed by atoms with van der Waals surface area (Å²) in [7, 11) is -9.82. The van der Waals surface area contributed by atoms with E-state index in [0.717, 1.165) is 173 Å². The molecule has 0 radical (unpaired) electrons. The van der Waals surface area contributed by atoms with Crippen LogP contribution in [-0.2, 0) is 55.8 Å². The van der Waals surface area contributed by atoms with Crippen molar-refractivity contribution in [1.82, 2.24) is 0 Å². The second kappa shape index (κ2) is 84.1. The Balaban J connectivity index is 4.63. The molecular weight excluding hydrogens is 1430 g/mol. The van der Waals surface area contributed by atoms with Crippen LogP contribution in [0.25, 0.3) is 0 Å². The minimum Gasteiger partial charge on any atom is -0.463 e. The van der Waals surface area contributed by atoms with Gasteiger partial charge in [0.05, 0.1) is 26.4 Å². The van der Waals surface area contributed by atoms with Gasteiger partial charge in [-0.1, -0.05) is 338 Å². The monoisotopic (exact) mass is 1590 g/mol. The highest BCUT2D eigenvalue weighted by atomic mass is 31.2. The van der Waals surface area contributed by atoms with Gasteiger partial charge in [-0.15, -0.1) is 0 Å². The van der Waals surface area contributed by atoms with Crippen molar-refractivity contribution in [3.8, 4) is 0 Å². The predicted molar refractivity (Wildman–Crippen MR) is 463 cm³/mol. The number of allylic oxidation sites excluding steroid dienone is 30. The number of aliphatic hydroxyl groups excluding tert-OH is 2. The molecule has 0 aliphatic heterocycles. The number of hydrogen-bond acceptors (Lipinski definition) is 14. The van der Waals surface area contributed by atoms with Crippen molar-refractivity contribution in [2.45, 2.75) is 347 Å². The van der Waals surface area contributed by atoms with Crippen molar-refractivity contribution in [2.75, 3.05) is 39.6 Å². The molecule has 0 aliphatic rings. The average Bonchev–Trinajstić information content (AvgIpc) is 0.900. The van der Waals surface area contributed by atoms with Gasteiger partial charge in [-0.25, -0.2) is 9.13 Å². The average molecular weight is 1590 g/mol. The van der Waals surface area contributed by atoms with Gasteiger partial charge in [0.2, 0.25) is 0 Å². The van der Waals surface area contributed by atoms with E-state index < -0.39 is 91.5 Å². The Kier molecular flexibility index (Phi) is 80.0. The number of hydrogen-bond donors (Lipinski definition) is 4. The molecule has 0 heterocycles. The third kappa shape index (κ3) is 85.4. The molecule has 0 spiro atoms. The number of unbranched alkanes of at least 4 members (excludes halogenated alkanes) is 27. The maximum atomic E-state index is 13.0. The standard InChI is InChI=1S/C93H154O16P2/c1-4-7-10-13-16-19-22-25-28-31-34-36-38-40-42-43-45-47-48-50-53-55-58-61-64-67-70-73-76-79-91(96)103-82-88(94)83-105-110(99,100)106-84-89(95)85-107-111(101,102)108-87-90(109-93(98)81-78-75-72-69-66-63-60-57-52-33-30-27-24-21-18-15-12-9-6-3)86-104-92(97)80-77-74-71-68-65-62-59-56-54-51-49-46-44-41-39-37-35-32-29-26-23-20-17-14-11-8-5-2/h7-12,16-21,25-30,34-37,40-42,44,52,57,63,66,88-90,94-95H,4-6,13-15,22-24,31-33,38-39,43,45-51,53-56,58-62,64-65,67-87H2,1-3H3,(H,99,100)(H,101,102)/b10-7-,11-8-,12-9-,19-16-,20-17-,21-18-,28-25-,29-26-,30-27-,36-34-,37-35-,42-40-,44-41-,57-52-,66-63-. The minimum absolute atomic E-state index is 0.0592. The van der Waals surface area contributed by atoms with Crippen molar-refractivity contribution in [1.29, 1.82) is 0 Å². The summed E-state index contributed by atoms with van der Waals surface area (Å²) in [6, 6.07) is 0. The number of carbonyl (C=O) groups excluding carboxylic acids is 3. The van der Waals surface area contributed by atoms with Gasteiger partial charge < -0.3 is 34.2 Å². The van der Waals surface area contributed by atoms with Gasteiger partial charge in [0.1, 0.15) is 25.4 Å². The number of phosphoric acid groups is 2. The first-order valence-corrected chi connectivity index (χ1v) is 46.1. The Morgan fingerprint density at radius 1 is 0.252 bits per heavy atom. The highest BCUT2D eigenvalue weighted by Gasteiger charge is 2.29. The van der Waals surface area contributed by atoms with Crippen molar-refractivity contribution in [3.63, 3.8) is 0 Å². The van der Waals surface area contributed by atoms with E-state index in [1.807, 2.05) is 0 Å². The van der Waals surface area contributed by atoms with E-state index >= 15 is 0 Å². The minimum atomic E-state index is -4.95. The fourth-order valence-corrected chi connectivity index (χ4v) is 12.8. The Bertz CT molecular complexity index is 2750. The molecule has 0 fully saturated rings. The summed E-state index contributed by atoms with van der Waals surface area (Å²) in [6.45, 7) is 2.31. The van der Waals surface area contributed by atoms with Crippen molar-refractivity contribution in [2.24, 2.45) is 0 Å². The molecule has 5 unspecified atom stereocenters. The molecule has 632 valence electrons. The van der Waals surface area contributed by atoms with E-state index in [1.165, 1.54) is 96.3 Å². The maximum Gasteiger partial charge on any atom is 0.472 e. The molecule has 4 N–H and O–H groups in total. The Hall–Kier alpha value is -5.35. The smallest absolute Gasteiger partial charge is 0.463 e. The molecule has 0 rings (SSSR count). The third-order valence-electron chi connectivity index (χ3n) is 17.6. The quantitative estimate of drug-likeness (QED) is 0.0146. The van der Waals surface area contributed by atoms with Crippen LogP contribution in [0.3, 0.4) is 0 Å². The van der Waals surface area contributed by atoms with E-state index in [4.69, 9.17) is 32.3 Å². The molecule has 111 heavy (non-hydrogen) atoms. The van der Waals surface area contributed by atoms with Crippen molar-refractivity contribution in [3.05, 3.63) is 182 Å². The second-order valence-electron chi connectivity index (χ2n) is 28.2. The fraction of sp³-hybridized carbons (Fsp3) is 0.645. The fourth-order valence-electron chi connectivity index (χ4n) is 11.2. The van der Waals surface area contributed by atoms with E-state index in [0.29, 0.717) is 19.3 Å². The summed E-state index contributed by atoms with van der Waals surface area (Å²) < 4.78 is 61.3. The van der Waals surface area contributed by atoms with Crippen molar-refractivity contribution < 1.29 is 75.8 Å². The molecule has 18 heteroatoms. The molecule has 16 nitrogen and oxygen atoms in total. The zero-order chi connectivity index (χ0) is 80.8. The van der Waals surface area contributed by atoms with Gasteiger partial charge in [0.15, 0.2) is 6.10 Å². The lowest BCUT2D eigenvalue weighted by Gasteiger charge is -2.21. The van der Waals surface area contributed by atoms with Crippen LogP contribution in [0.15, 0.2) is 182 Å². The van der Waals surface area contributed by atoms with E-state index in [9.17, 15) is 43.5 Å². The van der Waals surface area contributed by atoms with Gasteiger partial charge in [-0.3, -0.25) is 32.5 Å². The summed E-state index contributed by atoms with van der Waals surface area (Å²) in [4.78, 5) is 58.9. The van der Waals surface area contributed by atoms with Gasteiger partial charge in [0.25, 0.3) is 0 Å². The maximum absolute atomic E-state index is 13.0. The number of carbonyl (C=O) groups is 3. The molecule has 0 bridgehead atoms. The molecule has 0 amide bonds. The van der Waals surface area contributed by atoms with Crippen LogP contribution >= 0.6 is 15.6 Å². The zero-order valence-electron chi connectivity index (χ0n) is 69.3. The lowest BCUT2D eigenvalue weighted by Crippen LogP contribution is -2.30. The summed E-state index contributed by atoms with van der Waals surface area (Å²) in [5.74, 6) is -1.62. The molecular formula is C93H154O16P2. The number of ether oxygens (including phenoxy) is 3. The molecule has 0 aromatic carbocycles. The number of aliphatic hydroxyl groups is 2. The van der Waals surface area contributed by atoms with Crippen molar-refractivity contribution >= 4 is 33.6 Å². The molecule has 0 saturated carbocycles. The number of rotatable bonds is 80. The Morgan fingerprint density at radius 2 is 0.450 bits per heavy atom. The lowest BCUT2D eigenvalue weighted by atomic mass is 10.0. The van der Waals surface area contributed by atoms with Gasteiger partial charge in [0, 0.05) is 19.3 Å². The summed E-state index contributed by atoms with van der Waals surface area (Å²) in [5, 5.41) is 20.7. The Labute approximate surface area is 675 Å². The van der Waals surface area contributed by atoms with E-state index in [-0.39, 0.29) is 19.3 Å². The highest BCUT2D eigenvalue weighted by molar-refractivity contribution is 7.47. The number of phosphoric ester groups is 2. The topological polar surface area (TPSA) is 231 Å². The predicted octanol–water partition coefficient (Wildman–Crippen LogP) is 26.1. The molecule has 0 saturated heterocycles. The summed E-state index contributed by atoms with van der Waals surface area (Å²) >= 11 is 0. The second-order valence-corrected chi connectivity index (χ2v) is 31.1. The van der Waals surface area contributed by atoms with Crippen LogP contribution < -0.4 is 0 Å². The van der Waals surface area contributed by atoms with Crippen LogP contribution in [-0.4, -0.2) is 95.9 Å². The summed E-state index contributed by atoms with van der Waals surface area (Å²) in [6.07, 6.45) is 109. The molecule has 0 aliphatic carbocycles. The van der Waals surface area contributed by atoms with Gasteiger partial charge >= 0.3 is 33.6 Å². The summed E-state index contributed by atoms with van der Waals surface area (Å²) in [5.41, 5.74) is 0. The SMILES string of the molecule is CC/C=C\C/C=C\C/C=C\C/C=C\C/C=C\CCCCCCCCCCCCCCCC(=O)OCC(O)COP(=O)(O)OCC(O)COP(=O)(O)OCC(COC(=O)CCCCCCCCCCCCC/C=C\C/C=C\C/C=C\C/C=C\C/C=C\CC)OC(=O)CCCCC/C=C\C/C=C\C/C=C\C/C=C\C/C=C\CC. The lowest BCUT2D eigenvalue weighted by molar-refractivity contribution is -0.161. The molecule has 0 aromatic rings. The highest BCUT2D eigenvalue weighted by Crippen LogP contribution is 2.45. The zero-order valence-corrected chi connectivity index (χ0v) is 71.1.